The minimum Gasteiger partial charge on any atom is -0.343 e. The molecule has 0 unspecified atom stereocenters. The molecule has 7 heteroatoms. The van der Waals surface area contributed by atoms with E-state index in [-0.39, 0.29) is 30.7 Å². The van der Waals surface area contributed by atoms with Crippen molar-refractivity contribution >= 4 is 30.7 Å². The highest BCUT2D eigenvalue weighted by Gasteiger charge is 2.31. The van der Waals surface area contributed by atoms with Gasteiger partial charge >= 0.3 is 0 Å². The molecular weight excluding hydrogens is 311 g/mol. The number of halogens is 2. The molecule has 3 rings (SSSR count). The van der Waals surface area contributed by atoms with Crippen LogP contribution in [0.4, 0.5) is 0 Å². The van der Waals surface area contributed by atoms with E-state index < -0.39 is 0 Å². The first kappa shape index (κ1) is 18.3. The van der Waals surface area contributed by atoms with Crippen molar-refractivity contribution in [2.75, 3.05) is 26.2 Å². The Balaban J connectivity index is 0.00000110. The van der Waals surface area contributed by atoms with Gasteiger partial charge in [-0.2, -0.15) is 5.10 Å². The molecule has 0 spiro atoms. The van der Waals surface area contributed by atoms with Gasteiger partial charge in [-0.1, -0.05) is 0 Å². The zero-order chi connectivity index (χ0) is 13.1. The third kappa shape index (κ3) is 4.59. The van der Waals surface area contributed by atoms with E-state index in [4.69, 9.17) is 0 Å². The summed E-state index contributed by atoms with van der Waals surface area (Å²) in [7, 11) is 0. The Kier molecular flexibility index (Phi) is 7.49. The topological polar surface area (TPSA) is 50.2 Å². The van der Waals surface area contributed by atoms with Crippen LogP contribution in [0.1, 0.15) is 19.3 Å². The molecule has 120 valence electrons. The Hall–Kier alpha value is -0.780. The van der Waals surface area contributed by atoms with Crippen molar-refractivity contribution in [1.82, 2.24) is 20.0 Å². The average Bonchev–Trinajstić information content (AvgIpc) is 3.05. The second-order valence-electron chi connectivity index (χ2n) is 5.66. The largest absolute Gasteiger partial charge is 0.343 e. The Labute approximate surface area is 138 Å². The van der Waals surface area contributed by atoms with Crippen LogP contribution in [0.3, 0.4) is 0 Å². The molecule has 2 atom stereocenters. The van der Waals surface area contributed by atoms with Crippen molar-refractivity contribution in [1.29, 1.82) is 0 Å². The van der Waals surface area contributed by atoms with Gasteiger partial charge in [-0.3, -0.25) is 9.48 Å². The lowest BCUT2D eigenvalue weighted by Gasteiger charge is -2.20. The first-order valence-electron chi connectivity index (χ1n) is 7.29. The number of rotatable bonds is 3. The molecule has 0 aliphatic carbocycles. The molecular formula is C14H24Cl2N4O. The second kappa shape index (κ2) is 8.61. The molecule has 2 saturated heterocycles. The molecule has 21 heavy (non-hydrogen) atoms. The number of likely N-dealkylation sites (tertiary alicyclic amines) is 1. The van der Waals surface area contributed by atoms with E-state index in [0.29, 0.717) is 13.0 Å². The fourth-order valence-electron chi connectivity index (χ4n) is 3.27. The van der Waals surface area contributed by atoms with Crippen LogP contribution >= 0.6 is 24.8 Å². The number of hydrogen-bond acceptors (Lipinski definition) is 3. The monoisotopic (exact) mass is 334 g/mol. The maximum absolute atomic E-state index is 12.2. The number of nitrogens with zero attached hydrogens (tertiary/aromatic N) is 3. The molecule has 1 aromatic heterocycles. The van der Waals surface area contributed by atoms with E-state index in [9.17, 15) is 4.79 Å². The maximum Gasteiger partial charge on any atom is 0.224 e. The second-order valence-corrected chi connectivity index (χ2v) is 5.66. The fraction of sp³-hybridized carbons (Fsp3) is 0.714. The molecule has 1 amide bonds. The summed E-state index contributed by atoms with van der Waals surface area (Å²) in [5, 5.41) is 7.60. The highest BCUT2D eigenvalue weighted by Crippen LogP contribution is 2.27. The van der Waals surface area contributed by atoms with Gasteiger partial charge in [0.25, 0.3) is 0 Å². The normalized spacial score (nSPS) is 24.5. The quantitative estimate of drug-likeness (QED) is 0.912. The number of aryl methyl sites for hydroxylation is 1. The summed E-state index contributed by atoms with van der Waals surface area (Å²) in [5.41, 5.74) is 0. The van der Waals surface area contributed by atoms with Crippen molar-refractivity contribution in [3.63, 3.8) is 0 Å². The molecule has 2 aliphatic rings. The number of nitrogens with one attached hydrogen (secondary N) is 1. The SMILES string of the molecule is Cl.Cl.O=C(CCn1cccn1)N1CC[C@@H]2CNC[C@@H]2CC1. The minimum absolute atomic E-state index is 0. The molecule has 5 nitrogen and oxygen atoms in total. The number of carbonyl (C=O) groups excluding carboxylic acids is 1. The van der Waals surface area contributed by atoms with Gasteiger partial charge in [-0.05, 0) is 43.8 Å². The van der Waals surface area contributed by atoms with Gasteiger partial charge < -0.3 is 10.2 Å². The van der Waals surface area contributed by atoms with Gasteiger partial charge in [0.2, 0.25) is 5.91 Å². The molecule has 0 bridgehead atoms. The van der Waals surface area contributed by atoms with Crippen molar-refractivity contribution in [2.24, 2.45) is 11.8 Å². The standard InChI is InChI=1S/C14H22N4O.2ClH/c19-14(4-9-18-6-1-5-16-18)17-7-2-12-10-15-11-13(12)3-8-17;;/h1,5-6,12-13,15H,2-4,7-11H2;2*1H/t12-,13+;;. The Morgan fingerprint density at radius 2 is 1.86 bits per heavy atom. The van der Waals surface area contributed by atoms with E-state index in [1.165, 1.54) is 0 Å². The van der Waals surface area contributed by atoms with E-state index in [0.717, 1.165) is 50.9 Å². The molecule has 1 aromatic rings. The zero-order valence-corrected chi connectivity index (χ0v) is 13.7. The molecule has 0 aromatic carbocycles. The Morgan fingerprint density at radius 3 is 2.43 bits per heavy atom. The van der Waals surface area contributed by atoms with Crippen LogP contribution in [-0.4, -0.2) is 46.8 Å². The van der Waals surface area contributed by atoms with Crippen LogP contribution < -0.4 is 5.32 Å². The van der Waals surface area contributed by atoms with Crippen LogP contribution in [0.5, 0.6) is 0 Å². The first-order chi connectivity index (χ1) is 9.33. The van der Waals surface area contributed by atoms with Crippen LogP contribution in [-0.2, 0) is 11.3 Å². The van der Waals surface area contributed by atoms with Gasteiger partial charge in [0.1, 0.15) is 0 Å². The van der Waals surface area contributed by atoms with E-state index in [1.807, 2.05) is 16.9 Å². The summed E-state index contributed by atoms with van der Waals surface area (Å²) < 4.78 is 1.83. The van der Waals surface area contributed by atoms with Crippen LogP contribution in [0, 0.1) is 11.8 Å². The van der Waals surface area contributed by atoms with Gasteiger partial charge in [0, 0.05) is 38.4 Å². The number of hydrogen-bond donors (Lipinski definition) is 1. The third-order valence-electron chi connectivity index (χ3n) is 4.49. The summed E-state index contributed by atoms with van der Waals surface area (Å²) in [6, 6.07) is 1.89. The van der Waals surface area contributed by atoms with Crippen LogP contribution in [0.15, 0.2) is 18.5 Å². The number of carbonyl (C=O) groups is 1. The van der Waals surface area contributed by atoms with E-state index in [2.05, 4.69) is 15.3 Å². The highest BCUT2D eigenvalue weighted by atomic mass is 35.5. The van der Waals surface area contributed by atoms with Crippen LogP contribution in [0.25, 0.3) is 0 Å². The number of amides is 1. The van der Waals surface area contributed by atoms with Gasteiger partial charge in [0.05, 0.1) is 0 Å². The van der Waals surface area contributed by atoms with Crippen molar-refractivity contribution in [3.05, 3.63) is 18.5 Å². The number of fused-ring (bicyclic) bond motifs is 1. The lowest BCUT2D eigenvalue weighted by molar-refractivity contribution is -0.131. The lowest BCUT2D eigenvalue weighted by atomic mass is 9.92. The van der Waals surface area contributed by atoms with Gasteiger partial charge in [-0.15, -0.1) is 24.8 Å². The smallest absolute Gasteiger partial charge is 0.224 e. The summed E-state index contributed by atoms with van der Waals surface area (Å²) in [6.07, 6.45) is 6.54. The van der Waals surface area contributed by atoms with Crippen molar-refractivity contribution < 1.29 is 4.79 Å². The Bertz CT molecular complexity index is 413. The highest BCUT2D eigenvalue weighted by molar-refractivity contribution is 5.85. The molecule has 0 saturated carbocycles. The fourth-order valence-corrected chi connectivity index (χ4v) is 3.27. The third-order valence-corrected chi connectivity index (χ3v) is 4.49. The summed E-state index contributed by atoms with van der Waals surface area (Å²) in [6.45, 7) is 4.83. The minimum atomic E-state index is 0. The zero-order valence-electron chi connectivity index (χ0n) is 12.1. The average molecular weight is 335 g/mol. The number of aromatic nitrogens is 2. The Morgan fingerprint density at radius 1 is 1.19 bits per heavy atom. The summed E-state index contributed by atoms with van der Waals surface area (Å²) >= 11 is 0. The van der Waals surface area contributed by atoms with Gasteiger partial charge in [0.15, 0.2) is 0 Å². The molecule has 2 fully saturated rings. The molecule has 1 N–H and O–H groups in total. The predicted molar refractivity (Wildman–Crippen MR) is 87.0 cm³/mol. The maximum atomic E-state index is 12.2. The van der Waals surface area contributed by atoms with E-state index >= 15 is 0 Å². The molecule has 2 aliphatic heterocycles. The summed E-state index contributed by atoms with van der Waals surface area (Å²) in [5.74, 6) is 1.84. The van der Waals surface area contributed by atoms with Crippen LogP contribution in [0.2, 0.25) is 0 Å². The lowest BCUT2D eigenvalue weighted by Crippen LogP contribution is -2.33. The predicted octanol–water partition coefficient (Wildman–Crippen LogP) is 1.57. The van der Waals surface area contributed by atoms with Crippen molar-refractivity contribution in [2.45, 2.75) is 25.8 Å². The molecule has 0 radical (unpaired) electrons. The van der Waals surface area contributed by atoms with Gasteiger partial charge in [-0.25, -0.2) is 0 Å². The molecule has 3 heterocycles. The van der Waals surface area contributed by atoms with Crippen molar-refractivity contribution in [3.8, 4) is 0 Å². The summed E-state index contributed by atoms with van der Waals surface area (Å²) in [4.78, 5) is 14.3. The van der Waals surface area contributed by atoms with E-state index in [1.54, 1.807) is 6.20 Å². The first-order valence-corrected chi connectivity index (χ1v) is 7.29.